The van der Waals surface area contributed by atoms with Crippen LogP contribution in [0.25, 0.3) is 44.8 Å². The van der Waals surface area contributed by atoms with E-state index in [-0.39, 0.29) is 0 Å². The number of benzene rings is 4. The van der Waals surface area contributed by atoms with Gasteiger partial charge in [0, 0.05) is 11.1 Å². The first-order chi connectivity index (χ1) is 16.0. The van der Waals surface area contributed by atoms with Gasteiger partial charge in [0.15, 0.2) is 0 Å². The van der Waals surface area contributed by atoms with Crippen LogP contribution < -0.4 is 0 Å². The van der Waals surface area contributed by atoms with Crippen LogP contribution in [0.5, 0.6) is 0 Å². The highest BCUT2D eigenvalue weighted by Crippen LogP contribution is 2.46. The van der Waals surface area contributed by atoms with E-state index in [9.17, 15) is 0 Å². The van der Waals surface area contributed by atoms with E-state index in [1.54, 1.807) is 0 Å². The van der Waals surface area contributed by atoms with E-state index in [0.717, 1.165) is 11.4 Å². The fourth-order valence-electron chi connectivity index (χ4n) is 4.39. The molecule has 1 N–H and O–H groups in total. The summed E-state index contributed by atoms with van der Waals surface area (Å²) in [5, 5.41) is 0. The smallest absolute Gasteiger partial charge is 0.0544 e. The predicted octanol–water partition coefficient (Wildman–Crippen LogP) is 8.92. The second-order valence-corrected chi connectivity index (χ2v) is 9.09. The third kappa shape index (κ3) is 4.15. The number of rotatable bonds is 4. The Balaban J connectivity index is 1.86. The van der Waals surface area contributed by atoms with Gasteiger partial charge in [0.2, 0.25) is 0 Å². The highest BCUT2D eigenvalue weighted by molar-refractivity contribution is 6.01. The standard InChI is InChI=1S/C32H29N/c1-21-5-13-25(14-6-21)29-30(26-15-7-22(2)8-16-26)32(28-19-11-24(4)12-20-28)33-31(29)27-17-9-23(3)10-18-27/h5-20,33H,1-4H3. The first kappa shape index (κ1) is 21.0. The van der Waals surface area contributed by atoms with Gasteiger partial charge >= 0.3 is 0 Å². The van der Waals surface area contributed by atoms with Crippen LogP contribution >= 0.6 is 0 Å². The number of hydrogen-bond acceptors (Lipinski definition) is 0. The molecule has 1 heterocycles. The minimum atomic E-state index is 1.16. The molecule has 162 valence electrons. The molecule has 1 nitrogen and oxygen atoms in total. The Hall–Kier alpha value is -3.84. The molecule has 5 rings (SSSR count). The van der Waals surface area contributed by atoms with Crippen molar-refractivity contribution in [3.63, 3.8) is 0 Å². The van der Waals surface area contributed by atoms with E-state index in [0.29, 0.717) is 0 Å². The summed E-state index contributed by atoms with van der Waals surface area (Å²) in [6.07, 6.45) is 0. The summed E-state index contributed by atoms with van der Waals surface area (Å²) in [7, 11) is 0. The maximum absolute atomic E-state index is 3.85. The Kier molecular flexibility index (Phi) is 5.48. The zero-order chi connectivity index (χ0) is 22.9. The maximum Gasteiger partial charge on any atom is 0.0544 e. The van der Waals surface area contributed by atoms with Crippen LogP contribution in [-0.4, -0.2) is 4.98 Å². The zero-order valence-corrected chi connectivity index (χ0v) is 19.7. The van der Waals surface area contributed by atoms with Gasteiger partial charge in [0.05, 0.1) is 11.4 Å². The van der Waals surface area contributed by atoms with E-state index in [4.69, 9.17) is 0 Å². The molecular weight excluding hydrogens is 398 g/mol. The molecule has 0 radical (unpaired) electrons. The van der Waals surface area contributed by atoms with Crippen LogP contribution in [-0.2, 0) is 0 Å². The van der Waals surface area contributed by atoms with E-state index in [2.05, 4.69) is 130 Å². The van der Waals surface area contributed by atoms with Gasteiger partial charge in [0.25, 0.3) is 0 Å². The number of nitrogens with one attached hydrogen (secondary N) is 1. The van der Waals surface area contributed by atoms with Gasteiger partial charge in [-0.2, -0.15) is 0 Å². The van der Waals surface area contributed by atoms with Crippen molar-refractivity contribution in [1.82, 2.24) is 4.98 Å². The first-order valence-corrected chi connectivity index (χ1v) is 11.5. The molecule has 0 unspecified atom stereocenters. The molecule has 33 heavy (non-hydrogen) atoms. The summed E-state index contributed by atoms with van der Waals surface area (Å²) >= 11 is 0. The van der Waals surface area contributed by atoms with Gasteiger partial charge in [0.1, 0.15) is 0 Å². The van der Waals surface area contributed by atoms with Crippen molar-refractivity contribution in [1.29, 1.82) is 0 Å². The highest BCUT2D eigenvalue weighted by atomic mass is 14.7. The van der Waals surface area contributed by atoms with Gasteiger partial charge in [-0.3, -0.25) is 0 Å². The number of hydrogen-bond donors (Lipinski definition) is 1. The molecule has 4 aromatic carbocycles. The summed E-state index contributed by atoms with van der Waals surface area (Å²) in [5.41, 5.74) is 14.7. The zero-order valence-electron chi connectivity index (χ0n) is 19.7. The fourth-order valence-corrected chi connectivity index (χ4v) is 4.39. The summed E-state index contributed by atoms with van der Waals surface area (Å²) in [6, 6.07) is 35.4. The molecule has 1 aromatic heterocycles. The van der Waals surface area contributed by atoms with E-state index in [1.807, 2.05) is 0 Å². The summed E-state index contributed by atoms with van der Waals surface area (Å²) in [5.74, 6) is 0. The van der Waals surface area contributed by atoms with Crippen molar-refractivity contribution in [3.05, 3.63) is 119 Å². The lowest BCUT2D eigenvalue weighted by molar-refractivity contribution is 1.37. The lowest BCUT2D eigenvalue weighted by atomic mass is 9.90. The minimum absolute atomic E-state index is 1.16. The van der Waals surface area contributed by atoms with Crippen LogP contribution in [0.15, 0.2) is 97.1 Å². The van der Waals surface area contributed by atoms with Crippen molar-refractivity contribution >= 4 is 0 Å². The van der Waals surface area contributed by atoms with E-state index >= 15 is 0 Å². The number of aromatic nitrogens is 1. The summed E-state index contributed by atoms with van der Waals surface area (Å²) in [4.78, 5) is 3.85. The summed E-state index contributed by atoms with van der Waals surface area (Å²) < 4.78 is 0. The van der Waals surface area contributed by atoms with Crippen molar-refractivity contribution in [3.8, 4) is 44.8 Å². The Morgan fingerprint density at radius 3 is 0.848 bits per heavy atom. The largest absolute Gasteiger partial charge is 0.353 e. The quantitative estimate of drug-likeness (QED) is 0.295. The second-order valence-electron chi connectivity index (χ2n) is 9.09. The number of H-pyrrole nitrogens is 1. The SMILES string of the molecule is Cc1ccc(-c2[nH]c(-c3ccc(C)cc3)c(-c3ccc(C)cc3)c2-c2ccc(C)cc2)cc1. The van der Waals surface area contributed by atoms with Crippen LogP contribution in [0.2, 0.25) is 0 Å². The van der Waals surface area contributed by atoms with Crippen LogP contribution in [0.1, 0.15) is 22.3 Å². The van der Waals surface area contributed by atoms with Crippen LogP contribution in [0.4, 0.5) is 0 Å². The lowest BCUT2D eigenvalue weighted by Crippen LogP contribution is -1.87. The molecular formula is C32H29N. The molecule has 0 amide bonds. The molecule has 0 aliphatic carbocycles. The predicted molar refractivity (Wildman–Crippen MR) is 141 cm³/mol. The fraction of sp³-hybridized carbons (Fsp3) is 0.125. The normalized spacial score (nSPS) is 11.0. The Morgan fingerprint density at radius 2 is 0.576 bits per heavy atom. The van der Waals surface area contributed by atoms with Gasteiger partial charge in [-0.05, 0) is 49.9 Å². The molecule has 0 fully saturated rings. The Labute approximate surface area is 196 Å². The average molecular weight is 428 g/mol. The lowest BCUT2D eigenvalue weighted by Gasteiger charge is -2.11. The molecule has 0 atom stereocenters. The minimum Gasteiger partial charge on any atom is -0.353 e. The number of aryl methyl sites for hydroxylation is 4. The molecule has 0 saturated heterocycles. The topological polar surface area (TPSA) is 15.8 Å². The number of aromatic amines is 1. The molecule has 0 aliphatic heterocycles. The second kappa shape index (κ2) is 8.60. The van der Waals surface area contributed by atoms with Crippen molar-refractivity contribution in [2.75, 3.05) is 0 Å². The monoisotopic (exact) mass is 427 g/mol. The van der Waals surface area contributed by atoms with Gasteiger partial charge in [-0.15, -0.1) is 0 Å². The van der Waals surface area contributed by atoms with E-state index in [1.165, 1.54) is 55.6 Å². The van der Waals surface area contributed by atoms with Crippen molar-refractivity contribution in [2.45, 2.75) is 27.7 Å². The molecule has 1 heteroatoms. The molecule has 0 spiro atoms. The third-order valence-corrected chi connectivity index (χ3v) is 6.36. The average Bonchev–Trinajstić information content (AvgIpc) is 3.21. The third-order valence-electron chi connectivity index (χ3n) is 6.36. The maximum atomic E-state index is 3.85. The Morgan fingerprint density at radius 1 is 0.333 bits per heavy atom. The van der Waals surface area contributed by atoms with E-state index < -0.39 is 0 Å². The van der Waals surface area contributed by atoms with Gasteiger partial charge in [-0.25, -0.2) is 0 Å². The van der Waals surface area contributed by atoms with Gasteiger partial charge < -0.3 is 4.98 Å². The molecule has 5 aromatic rings. The van der Waals surface area contributed by atoms with Crippen LogP contribution in [0, 0.1) is 27.7 Å². The van der Waals surface area contributed by atoms with Crippen LogP contribution in [0.3, 0.4) is 0 Å². The Bertz CT molecular complexity index is 1270. The van der Waals surface area contributed by atoms with Crippen molar-refractivity contribution < 1.29 is 0 Å². The van der Waals surface area contributed by atoms with Gasteiger partial charge in [-0.1, -0.05) is 119 Å². The molecule has 0 aliphatic rings. The first-order valence-electron chi connectivity index (χ1n) is 11.5. The molecule has 0 bridgehead atoms. The van der Waals surface area contributed by atoms with Crippen molar-refractivity contribution in [2.24, 2.45) is 0 Å². The highest BCUT2D eigenvalue weighted by Gasteiger charge is 2.22. The summed E-state index contributed by atoms with van der Waals surface area (Å²) in [6.45, 7) is 8.55. The molecule has 0 saturated carbocycles.